The molecule has 0 aliphatic rings. The molecule has 11 aromatic rings. The minimum absolute atomic E-state index is 0.320. The Hall–Kier alpha value is -6.70. The molecule has 1 nitrogen and oxygen atoms in total. The summed E-state index contributed by atoms with van der Waals surface area (Å²) >= 11 is 0. The van der Waals surface area contributed by atoms with Gasteiger partial charge in [0.15, 0.2) is 0 Å². The van der Waals surface area contributed by atoms with Crippen molar-refractivity contribution in [3.8, 4) is 33.4 Å². The van der Waals surface area contributed by atoms with E-state index < -0.39 is 280 Å². The summed E-state index contributed by atoms with van der Waals surface area (Å²) in [5, 5.41) is -7.29. The second-order valence-electron chi connectivity index (χ2n) is 11.3. The Morgan fingerprint density at radius 3 is 1.37 bits per heavy atom. The molecule has 0 atom stereocenters. The lowest BCUT2D eigenvalue weighted by molar-refractivity contribution is 0.669. The van der Waals surface area contributed by atoms with E-state index in [1.165, 1.54) is 0 Å². The average molecular weight is 677 g/mol. The molecule has 0 saturated heterocycles. The van der Waals surface area contributed by atoms with E-state index >= 15 is 0 Å². The Labute approximate surface area is 336 Å². The van der Waals surface area contributed by atoms with Crippen molar-refractivity contribution >= 4 is 75.8 Å². The molecule has 0 radical (unpaired) electrons. The zero-order chi connectivity index (χ0) is 59.6. The first-order valence-electron chi connectivity index (χ1n) is 30.2. The van der Waals surface area contributed by atoms with Crippen LogP contribution in [0.4, 0.5) is 0 Å². The van der Waals surface area contributed by atoms with Gasteiger partial charge in [-0.25, -0.2) is 0 Å². The third-order valence-electron chi connectivity index (χ3n) is 8.45. The molecule has 10 aromatic carbocycles. The number of benzene rings is 10. The molecule has 11 rings (SSSR count). The maximum atomic E-state index is 9.82. The summed E-state index contributed by atoms with van der Waals surface area (Å²) in [4.78, 5) is 0. The van der Waals surface area contributed by atoms with Gasteiger partial charge in [0.1, 0.15) is 11.2 Å². The summed E-state index contributed by atoms with van der Waals surface area (Å²) in [7, 11) is 0. The monoisotopic (exact) mass is 676 g/mol. The first-order valence-corrected chi connectivity index (χ1v) is 15.2. The summed E-state index contributed by atoms with van der Waals surface area (Å²) in [5.74, 6) is 0. The maximum absolute atomic E-state index is 9.82. The van der Waals surface area contributed by atoms with Gasteiger partial charge in [0.05, 0.1) is 41.1 Å². The van der Waals surface area contributed by atoms with Gasteiger partial charge in [0.2, 0.25) is 0 Å². The minimum atomic E-state index is -1.09. The third-order valence-corrected chi connectivity index (χ3v) is 8.45. The van der Waals surface area contributed by atoms with Gasteiger partial charge in [-0.3, -0.25) is 0 Å². The number of hydrogen-bond donors (Lipinski definition) is 0. The van der Waals surface area contributed by atoms with Crippen LogP contribution < -0.4 is 0 Å². The molecule has 1 heteroatoms. The molecule has 0 spiro atoms. The van der Waals surface area contributed by atoms with Crippen LogP contribution in [0.15, 0.2) is 186 Å². The van der Waals surface area contributed by atoms with E-state index in [1.54, 1.807) is 0 Å². The van der Waals surface area contributed by atoms with Gasteiger partial charge in [0, 0.05) is 10.8 Å². The SMILES string of the molecule is [2H]c1c([2H])c([2H])c2c([2H])c(-c3c4c([2H])c([2H])c([2H])c([2H])c4c(-c4c([2H])c([2H])c5c([2H])c(-c6c([2H])c([2H])c7c(oc8c([2H])c([2H])c9c([2H])c([2H])c([2H])c([2H])c9c87)c6[2H])c([2H])c([2H])c5c4[2H])c4c([2H])c([2H])c([2H])c([2H])c34)c([2H])c([2H])c2c1[2H]. The van der Waals surface area contributed by atoms with E-state index in [0.29, 0.717) is 0 Å². The van der Waals surface area contributed by atoms with E-state index in [1.807, 2.05) is 0 Å². The second-order valence-corrected chi connectivity index (χ2v) is 11.3. The lowest BCUT2D eigenvalue weighted by atomic mass is 9.85. The molecule has 0 unspecified atom stereocenters. The quantitative estimate of drug-likeness (QED) is 0.170. The maximum Gasteiger partial charge on any atom is 0.136 e. The van der Waals surface area contributed by atoms with Crippen LogP contribution in [0.5, 0.6) is 0 Å². The Kier molecular flexibility index (Phi) is 2.50. The lowest BCUT2D eigenvalue weighted by Gasteiger charge is -2.18. The predicted molar refractivity (Wildman–Crippen MR) is 218 cm³/mol. The van der Waals surface area contributed by atoms with Crippen LogP contribution in [-0.4, -0.2) is 0 Å². The second kappa shape index (κ2) is 10.9. The van der Waals surface area contributed by atoms with E-state index in [9.17, 15) is 20.6 Å². The Morgan fingerprint density at radius 2 is 0.725 bits per heavy atom. The zero-order valence-corrected chi connectivity index (χ0v) is 25.4. The summed E-state index contributed by atoms with van der Waals surface area (Å²) in [6.07, 6.45) is 0. The molecule has 0 aliphatic carbocycles. The highest BCUT2D eigenvalue weighted by atomic mass is 16.3. The molecule has 0 N–H and O–H groups in total. The predicted octanol–water partition coefficient (Wildman–Crippen LogP) is 14.4. The molecule has 0 saturated carbocycles. The number of furan rings is 1. The normalized spacial score (nSPS) is 20.2. The summed E-state index contributed by atoms with van der Waals surface area (Å²) in [6.45, 7) is 0. The molecule has 236 valence electrons. The van der Waals surface area contributed by atoms with Gasteiger partial charge in [-0.1, -0.05) is 145 Å². The number of rotatable bonds is 3. The summed E-state index contributed by atoms with van der Waals surface area (Å²) in [6, 6.07) is -27.3. The Bertz CT molecular complexity index is 4850. The van der Waals surface area contributed by atoms with Crippen molar-refractivity contribution in [1.82, 2.24) is 0 Å². The molecule has 1 heterocycles. The Balaban J connectivity index is 1.30. The fourth-order valence-corrected chi connectivity index (χ4v) is 6.23. The topological polar surface area (TPSA) is 13.1 Å². The van der Waals surface area contributed by atoms with Crippen molar-refractivity contribution in [2.24, 2.45) is 0 Å². The fourth-order valence-electron chi connectivity index (χ4n) is 6.23. The van der Waals surface area contributed by atoms with Gasteiger partial charge in [-0.05, 0) is 123 Å². The van der Waals surface area contributed by atoms with Crippen molar-refractivity contribution < 1.29 is 45.5 Å². The third kappa shape index (κ3) is 4.35. The van der Waals surface area contributed by atoms with Crippen LogP contribution in [0.2, 0.25) is 0 Å². The molecule has 51 heavy (non-hydrogen) atoms. The first kappa shape index (κ1) is 11.7. The summed E-state index contributed by atoms with van der Waals surface area (Å²) in [5.41, 5.74) is -5.79. The van der Waals surface area contributed by atoms with Crippen LogP contribution in [0, 0.1) is 0 Å². The van der Waals surface area contributed by atoms with E-state index in [2.05, 4.69) is 0 Å². The van der Waals surface area contributed by atoms with Crippen molar-refractivity contribution in [3.05, 3.63) is 181 Å². The standard InChI is InChI=1S/C50H30O/c1-2-11-33-28-38(21-17-31(33)9-1)48-41-13-5-7-15-43(41)49(44-16-8-6-14-42(44)48)39-22-20-34-27-35(18-19-36(34)29-39)37-23-25-45-47(30-37)51-46-26-24-32-10-3-4-12-40(32)50(45)46/h1-30H/i1D,2D,3D,4D,5D,6D,7D,8D,9D,10D,11D,12D,13D,14D,15D,16D,17D,18D,19D,20D,21D,22D,23D,24D,25D,26D,27D,28D,29D,30D. The van der Waals surface area contributed by atoms with Crippen LogP contribution in [0.25, 0.3) is 109 Å². The molecule has 0 aliphatic heterocycles. The van der Waals surface area contributed by atoms with Crippen LogP contribution in [0.1, 0.15) is 41.1 Å². The molecule has 0 fully saturated rings. The van der Waals surface area contributed by atoms with Crippen molar-refractivity contribution in [2.75, 3.05) is 0 Å². The number of fused-ring (bicyclic) bond motifs is 9. The summed E-state index contributed by atoms with van der Waals surface area (Å²) < 4.78 is 277. The molecular weight excluding hydrogens is 617 g/mol. The highest BCUT2D eigenvalue weighted by Crippen LogP contribution is 2.45. The highest BCUT2D eigenvalue weighted by molar-refractivity contribution is 6.22. The zero-order valence-electron chi connectivity index (χ0n) is 55.4. The first-order chi connectivity index (χ1) is 37.8. The van der Waals surface area contributed by atoms with Gasteiger partial charge < -0.3 is 4.42 Å². The van der Waals surface area contributed by atoms with Gasteiger partial charge in [-0.15, -0.1) is 0 Å². The van der Waals surface area contributed by atoms with Crippen LogP contribution >= 0.6 is 0 Å². The fraction of sp³-hybridized carbons (Fsp3) is 0. The van der Waals surface area contributed by atoms with Crippen molar-refractivity contribution in [2.45, 2.75) is 0 Å². The van der Waals surface area contributed by atoms with Gasteiger partial charge >= 0.3 is 0 Å². The largest absolute Gasteiger partial charge is 0.456 e. The van der Waals surface area contributed by atoms with Crippen LogP contribution in [-0.2, 0) is 0 Å². The van der Waals surface area contributed by atoms with Crippen molar-refractivity contribution in [3.63, 3.8) is 0 Å². The average Bonchev–Trinajstić information content (AvgIpc) is 2.72. The molecule has 1 aromatic heterocycles. The van der Waals surface area contributed by atoms with Crippen molar-refractivity contribution in [1.29, 1.82) is 0 Å². The minimum Gasteiger partial charge on any atom is -0.456 e. The molecule has 0 bridgehead atoms. The Morgan fingerprint density at radius 1 is 0.294 bits per heavy atom. The smallest absolute Gasteiger partial charge is 0.136 e. The van der Waals surface area contributed by atoms with Crippen LogP contribution in [0.3, 0.4) is 0 Å². The van der Waals surface area contributed by atoms with E-state index in [4.69, 9.17) is 25.0 Å². The molecular formula is C50H30O. The lowest BCUT2D eigenvalue weighted by Crippen LogP contribution is -1.91. The molecule has 0 amide bonds. The number of hydrogen-bond acceptors (Lipinski definition) is 1. The van der Waals surface area contributed by atoms with Gasteiger partial charge in [0.25, 0.3) is 0 Å². The van der Waals surface area contributed by atoms with E-state index in [-0.39, 0.29) is 10.8 Å². The van der Waals surface area contributed by atoms with Gasteiger partial charge in [-0.2, -0.15) is 0 Å². The van der Waals surface area contributed by atoms with E-state index in [0.717, 1.165) is 0 Å². The highest BCUT2D eigenvalue weighted by Gasteiger charge is 2.17.